The van der Waals surface area contributed by atoms with Gasteiger partial charge in [-0.15, -0.1) is 0 Å². The zero-order chi connectivity index (χ0) is 19.9. The van der Waals surface area contributed by atoms with E-state index in [1.807, 2.05) is 36.4 Å². The van der Waals surface area contributed by atoms with Crippen LogP contribution < -0.4 is 4.90 Å². The number of hydrogen-bond acceptors (Lipinski definition) is 3. The Kier molecular flexibility index (Phi) is 6.53. The predicted molar refractivity (Wildman–Crippen MR) is 108 cm³/mol. The molecule has 2 aromatic rings. The third-order valence-electron chi connectivity index (χ3n) is 4.46. The van der Waals surface area contributed by atoms with Crippen LogP contribution in [-0.2, 0) is 9.59 Å². The fraction of sp³-hybridized carbons (Fsp3) is 0.250. The summed E-state index contributed by atoms with van der Waals surface area (Å²) in [6, 6.07) is 18.0. The topological polar surface area (TPSA) is 65.3 Å². The summed E-state index contributed by atoms with van der Waals surface area (Å²) in [5.41, 5.74) is 1.24. The van der Waals surface area contributed by atoms with Crippen LogP contribution in [0.3, 0.4) is 0 Å². The Morgan fingerprint density at radius 2 is 1.68 bits per heavy atom. The van der Waals surface area contributed by atoms with Crippen LogP contribution >= 0.6 is 8.88 Å². The van der Waals surface area contributed by atoms with Crippen LogP contribution in [0.1, 0.15) is 10.4 Å². The van der Waals surface area contributed by atoms with E-state index < -0.39 is 0 Å². The number of hydrogen-bond donors (Lipinski definition) is 0. The molecule has 1 fully saturated rings. The van der Waals surface area contributed by atoms with Gasteiger partial charge in [-0.1, -0.05) is 6.07 Å². The van der Waals surface area contributed by atoms with E-state index in [4.69, 9.17) is 0 Å². The third kappa shape index (κ3) is 4.63. The van der Waals surface area contributed by atoms with Gasteiger partial charge in [0.05, 0.1) is 0 Å². The molecule has 1 saturated heterocycles. The van der Waals surface area contributed by atoms with E-state index in [1.165, 1.54) is 9.80 Å². The molecule has 0 spiro atoms. The summed E-state index contributed by atoms with van der Waals surface area (Å²) >= 11 is 0. The Labute approximate surface area is 165 Å². The van der Waals surface area contributed by atoms with Crippen LogP contribution in [-0.4, -0.2) is 60.4 Å². The Bertz CT molecular complexity index is 899. The fourth-order valence-electron chi connectivity index (χ4n) is 2.99. The first-order valence-corrected chi connectivity index (χ1v) is 9.28. The Morgan fingerprint density at radius 3 is 2.32 bits per heavy atom. The molecule has 0 N–H and O–H groups in total. The van der Waals surface area contributed by atoms with Crippen molar-refractivity contribution in [3.8, 4) is 0 Å². The van der Waals surface area contributed by atoms with Crippen LogP contribution in [0.4, 0.5) is 5.69 Å². The van der Waals surface area contributed by atoms with E-state index >= 15 is 0 Å². The molecule has 0 unspecified atom stereocenters. The molecule has 0 bridgehead atoms. The van der Waals surface area contributed by atoms with Crippen molar-refractivity contribution in [1.82, 2.24) is 9.80 Å². The number of carbonyl (C=O) groups excluding carboxylic acids is 3. The average molecular weight is 395 g/mol. The van der Waals surface area contributed by atoms with E-state index in [0.717, 1.165) is 5.69 Å². The van der Waals surface area contributed by atoms with E-state index in [9.17, 15) is 14.4 Å². The minimum atomic E-state index is -0.282. The maximum atomic E-state index is 12.8. The van der Waals surface area contributed by atoms with Crippen molar-refractivity contribution in [2.24, 2.45) is 0 Å². The summed E-state index contributed by atoms with van der Waals surface area (Å²) in [5, 5.41) is 0. The summed E-state index contributed by atoms with van der Waals surface area (Å²) in [4.78, 5) is 42.3. The Balaban J connectivity index is 1.69. The predicted octanol–water partition coefficient (Wildman–Crippen LogP) is 2.66. The molecule has 0 aliphatic carbocycles. The third-order valence-corrected chi connectivity index (χ3v) is 4.66. The molecule has 142 valence electrons. The second kappa shape index (κ2) is 9.27. The zero-order valence-electron chi connectivity index (χ0n) is 15.3. The van der Waals surface area contributed by atoms with Gasteiger partial charge in [0.1, 0.15) is 0 Å². The number of amides is 3. The van der Waals surface area contributed by atoms with E-state index in [1.54, 1.807) is 29.2 Å². The van der Waals surface area contributed by atoms with Crippen LogP contribution in [0.2, 0.25) is 0 Å². The molecule has 0 aromatic heterocycles. The van der Waals surface area contributed by atoms with Gasteiger partial charge in [0.2, 0.25) is 0 Å². The first kappa shape index (κ1) is 19.7. The summed E-state index contributed by atoms with van der Waals surface area (Å²) in [5.74, 6) is -0.683. The molecule has 2 aromatic carbocycles. The summed E-state index contributed by atoms with van der Waals surface area (Å²) < 4.78 is 3.73. The zero-order valence-corrected chi connectivity index (χ0v) is 16.2. The number of rotatable bonds is 6. The number of nitrogens with zero attached hydrogens (tertiary/aromatic N) is 4. The van der Waals surface area contributed by atoms with Crippen molar-refractivity contribution in [2.75, 3.05) is 37.7 Å². The average Bonchev–Trinajstić information content (AvgIpc) is 3.13. The number of carbonyl (C=O) groups is 3. The summed E-state index contributed by atoms with van der Waals surface area (Å²) in [6.07, 6.45) is 0. The molecule has 3 amide bonds. The molecule has 1 aliphatic rings. The maximum absolute atomic E-state index is 12.8. The van der Waals surface area contributed by atoms with Gasteiger partial charge in [0.25, 0.3) is 0 Å². The van der Waals surface area contributed by atoms with Gasteiger partial charge in [0, 0.05) is 0 Å². The molecular formula is C20H20N4O3P+. The number of anilines is 1. The van der Waals surface area contributed by atoms with Crippen molar-refractivity contribution >= 4 is 32.3 Å². The van der Waals surface area contributed by atoms with Gasteiger partial charge < -0.3 is 0 Å². The van der Waals surface area contributed by atoms with Crippen molar-refractivity contribution in [3.05, 3.63) is 70.8 Å². The van der Waals surface area contributed by atoms with Gasteiger partial charge in [-0.25, -0.2) is 0 Å². The van der Waals surface area contributed by atoms with Crippen molar-refractivity contribution in [1.29, 1.82) is 0 Å². The molecule has 7 nitrogen and oxygen atoms in total. The van der Waals surface area contributed by atoms with Gasteiger partial charge in [0.15, 0.2) is 0 Å². The molecule has 3 rings (SSSR count). The SMILES string of the molecule is O=C(CN(CC[N+]#P)C(=O)c1ccccc1)N1CC(=O)N(c2ccccc2)C1. The van der Waals surface area contributed by atoms with Gasteiger partial charge in [-0.05, 0) is 0 Å². The standard InChI is InChI=1S/C20H20N4O3P/c25-18(23-14-19(26)24(15-23)17-9-5-2-6-10-17)13-22(12-11-21-28)20(27)16-7-3-1-4-8-16/h1-10H,11-15H2/q+1. The Morgan fingerprint density at radius 1 is 1.04 bits per heavy atom. The fourth-order valence-corrected chi connectivity index (χ4v) is 3.08. The molecular weight excluding hydrogens is 375 g/mol. The van der Waals surface area contributed by atoms with Crippen molar-refractivity contribution in [2.45, 2.75) is 0 Å². The summed E-state index contributed by atoms with van der Waals surface area (Å²) in [7, 11) is 3.83. The summed E-state index contributed by atoms with van der Waals surface area (Å²) in [6.45, 7) is 0.633. The van der Waals surface area contributed by atoms with E-state index in [0.29, 0.717) is 12.1 Å². The molecule has 1 aliphatic heterocycles. The van der Waals surface area contributed by atoms with Gasteiger partial charge in [-0.3, -0.25) is 0 Å². The Hall–Kier alpha value is -3.01. The van der Waals surface area contributed by atoms with E-state index in [2.05, 4.69) is 13.5 Å². The minimum absolute atomic E-state index is 0.00195. The number of para-hydroxylation sites is 1. The first-order chi connectivity index (χ1) is 13.6. The van der Waals surface area contributed by atoms with Gasteiger partial charge in [-0.2, -0.15) is 0 Å². The van der Waals surface area contributed by atoms with Gasteiger partial charge >= 0.3 is 159 Å². The normalized spacial score (nSPS) is 13.3. The molecule has 28 heavy (non-hydrogen) atoms. The van der Waals surface area contributed by atoms with Crippen LogP contribution in [0.15, 0.2) is 60.7 Å². The van der Waals surface area contributed by atoms with Crippen LogP contribution in [0, 0.1) is 0 Å². The molecule has 8 heteroatoms. The number of benzene rings is 2. The van der Waals surface area contributed by atoms with Crippen LogP contribution in [0.25, 0.3) is 4.59 Å². The second-order valence-electron chi connectivity index (χ2n) is 6.35. The quantitative estimate of drug-likeness (QED) is 0.707. The monoisotopic (exact) mass is 395 g/mol. The second-order valence-corrected chi connectivity index (χ2v) is 6.63. The molecule has 0 radical (unpaired) electrons. The first-order valence-electron chi connectivity index (χ1n) is 8.88. The molecule has 0 atom stereocenters. The van der Waals surface area contributed by atoms with Crippen LogP contribution in [0.5, 0.6) is 0 Å². The van der Waals surface area contributed by atoms with Crippen molar-refractivity contribution in [3.63, 3.8) is 0 Å². The van der Waals surface area contributed by atoms with E-state index in [-0.39, 0.29) is 44.0 Å². The molecule has 0 saturated carbocycles. The molecule has 1 heterocycles. The van der Waals surface area contributed by atoms with Crippen molar-refractivity contribution < 1.29 is 14.4 Å².